The molecule has 1 N–H and O–H groups in total. The maximum Gasteiger partial charge on any atom is 0.252 e. The molecule has 1 aromatic rings. The summed E-state index contributed by atoms with van der Waals surface area (Å²) in [6.45, 7) is 3.99. The summed E-state index contributed by atoms with van der Waals surface area (Å²) >= 11 is 3.42. The van der Waals surface area contributed by atoms with E-state index < -0.39 is 0 Å². The van der Waals surface area contributed by atoms with Crippen LogP contribution >= 0.6 is 15.9 Å². The fourth-order valence-electron chi connectivity index (χ4n) is 2.13. The molecule has 0 aliphatic carbocycles. The van der Waals surface area contributed by atoms with Gasteiger partial charge in [-0.25, -0.2) is 0 Å². The van der Waals surface area contributed by atoms with Crippen molar-refractivity contribution in [1.29, 1.82) is 0 Å². The van der Waals surface area contributed by atoms with Gasteiger partial charge in [0.1, 0.15) is 0 Å². The molecule has 1 aliphatic heterocycles. The van der Waals surface area contributed by atoms with E-state index in [1.807, 2.05) is 25.1 Å². The molecular formula is C13H17BrN2O. The monoisotopic (exact) mass is 296 g/mol. The van der Waals surface area contributed by atoms with Crippen molar-refractivity contribution in [1.82, 2.24) is 10.2 Å². The lowest BCUT2D eigenvalue weighted by molar-refractivity contribution is 0.0937. The first-order chi connectivity index (χ1) is 8.06. The number of halogens is 1. The van der Waals surface area contributed by atoms with Crippen molar-refractivity contribution in [2.45, 2.75) is 19.4 Å². The molecule has 1 saturated heterocycles. The summed E-state index contributed by atoms with van der Waals surface area (Å²) in [7, 11) is 2.08. The molecule has 0 radical (unpaired) electrons. The Morgan fingerprint density at radius 2 is 2.29 bits per heavy atom. The topological polar surface area (TPSA) is 32.3 Å². The van der Waals surface area contributed by atoms with Crippen LogP contribution in [0, 0.1) is 6.92 Å². The Bertz CT molecular complexity index is 433. The Balaban J connectivity index is 2.06. The number of hydrogen-bond donors (Lipinski definition) is 1. The molecule has 92 valence electrons. The summed E-state index contributed by atoms with van der Waals surface area (Å²) in [6.07, 6.45) is 1.03. The van der Waals surface area contributed by atoms with Crippen molar-refractivity contribution in [2.24, 2.45) is 0 Å². The Kier molecular flexibility index (Phi) is 3.84. The van der Waals surface area contributed by atoms with E-state index in [4.69, 9.17) is 0 Å². The Morgan fingerprint density at radius 3 is 2.94 bits per heavy atom. The van der Waals surface area contributed by atoms with Gasteiger partial charge in [-0.2, -0.15) is 0 Å². The van der Waals surface area contributed by atoms with E-state index in [9.17, 15) is 4.79 Å². The molecule has 3 nitrogen and oxygen atoms in total. The second-order valence-corrected chi connectivity index (χ2v) is 5.56. The molecule has 1 heterocycles. The minimum Gasteiger partial charge on any atom is -0.348 e. The summed E-state index contributed by atoms with van der Waals surface area (Å²) in [6, 6.07) is 6.10. The van der Waals surface area contributed by atoms with Crippen LogP contribution in [0.4, 0.5) is 0 Å². The van der Waals surface area contributed by atoms with Crippen molar-refractivity contribution in [3.63, 3.8) is 0 Å². The summed E-state index contributed by atoms with van der Waals surface area (Å²) < 4.78 is 0.854. The maximum absolute atomic E-state index is 12.1. The van der Waals surface area contributed by atoms with E-state index in [1.165, 1.54) is 0 Å². The number of likely N-dealkylation sites (tertiary alicyclic amines) is 1. The van der Waals surface area contributed by atoms with E-state index in [1.54, 1.807) is 0 Å². The molecule has 0 aromatic heterocycles. The lowest BCUT2D eigenvalue weighted by Crippen LogP contribution is -2.36. The van der Waals surface area contributed by atoms with Crippen LogP contribution in [-0.2, 0) is 0 Å². The summed E-state index contributed by atoms with van der Waals surface area (Å²) in [5.74, 6) is 0.0147. The highest BCUT2D eigenvalue weighted by atomic mass is 79.9. The van der Waals surface area contributed by atoms with Crippen molar-refractivity contribution in [3.8, 4) is 0 Å². The smallest absolute Gasteiger partial charge is 0.252 e. The van der Waals surface area contributed by atoms with Gasteiger partial charge in [-0.3, -0.25) is 4.79 Å². The molecule has 1 amide bonds. The maximum atomic E-state index is 12.1. The van der Waals surface area contributed by atoms with Crippen LogP contribution in [0.15, 0.2) is 22.7 Å². The largest absolute Gasteiger partial charge is 0.348 e. The molecule has 0 spiro atoms. The normalized spacial score (nSPS) is 20.5. The van der Waals surface area contributed by atoms with Gasteiger partial charge in [0.2, 0.25) is 0 Å². The summed E-state index contributed by atoms with van der Waals surface area (Å²) in [5.41, 5.74) is 1.82. The predicted molar refractivity (Wildman–Crippen MR) is 72.2 cm³/mol. The van der Waals surface area contributed by atoms with Gasteiger partial charge in [0.15, 0.2) is 0 Å². The number of carbonyl (C=O) groups is 1. The minimum absolute atomic E-state index is 0.0147. The average Bonchev–Trinajstić information content (AvgIpc) is 2.67. The first-order valence-electron chi connectivity index (χ1n) is 5.82. The number of amides is 1. The van der Waals surface area contributed by atoms with Crippen LogP contribution in [0.1, 0.15) is 22.3 Å². The number of rotatable bonds is 2. The molecule has 1 aliphatic rings. The molecule has 0 bridgehead atoms. The van der Waals surface area contributed by atoms with Crippen LogP contribution in [-0.4, -0.2) is 37.0 Å². The number of aryl methyl sites for hydroxylation is 1. The van der Waals surface area contributed by atoms with Gasteiger partial charge in [0.25, 0.3) is 5.91 Å². The molecular weight excluding hydrogens is 280 g/mol. The molecule has 1 fully saturated rings. The second-order valence-electron chi connectivity index (χ2n) is 4.70. The van der Waals surface area contributed by atoms with Gasteiger partial charge in [-0.05, 0) is 55.0 Å². The fraction of sp³-hybridized carbons (Fsp3) is 0.462. The number of nitrogens with zero attached hydrogens (tertiary/aromatic N) is 1. The highest BCUT2D eigenvalue weighted by molar-refractivity contribution is 9.10. The quantitative estimate of drug-likeness (QED) is 0.907. The van der Waals surface area contributed by atoms with Crippen molar-refractivity contribution >= 4 is 21.8 Å². The number of nitrogens with one attached hydrogen (secondary N) is 1. The zero-order valence-corrected chi connectivity index (χ0v) is 11.8. The number of benzene rings is 1. The van der Waals surface area contributed by atoms with E-state index in [0.717, 1.165) is 35.1 Å². The molecule has 1 atom stereocenters. The summed E-state index contributed by atoms with van der Waals surface area (Å²) in [4.78, 5) is 14.4. The third-order valence-corrected chi connectivity index (χ3v) is 3.78. The molecule has 1 aromatic carbocycles. The van der Waals surface area contributed by atoms with Crippen molar-refractivity contribution in [3.05, 3.63) is 33.8 Å². The van der Waals surface area contributed by atoms with Gasteiger partial charge in [-0.1, -0.05) is 11.6 Å². The second kappa shape index (κ2) is 5.19. The van der Waals surface area contributed by atoms with E-state index in [2.05, 4.69) is 33.2 Å². The number of hydrogen-bond acceptors (Lipinski definition) is 2. The van der Waals surface area contributed by atoms with Crippen molar-refractivity contribution in [2.75, 3.05) is 20.1 Å². The SMILES string of the molecule is Cc1ccc(Br)c(C(=O)NC2CCN(C)C2)c1. The molecule has 4 heteroatoms. The third kappa shape index (κ3) is 3.07. The van der Waals surface area contributed by atoms with Crippen LogP contribution in [0.3, 0.4) is 0 Å². The Hall–Kier alpha value is -0.870. The minimum atomic E-state index is 0.0147. The first-order valence-corrected chi connectivity index (χ1v) is 6.61. The van der Waals surface area contributed by atoms with Crippen LogP contribution in [0.25, 0.3) is 0 Å². The van der Waals surface area contributed by atoms with Gasteiger partial charge < -0.3 is 10.2 Å². The first kappa shape index (κ1) is 12.6. The highest BCUT2D eigenvalue weighted by Crippen LogP contribution is 2.18. The highest BCUT2D eigenvalue weighted by Gasteiger charge is 2.22. The number of likely N-dealkylation sites (N-methyl/N-ethyl adjacent to an activating group) is 1. The molecule has 0 saturated carbocycles. The zero-order valence-electron chi connectivity index (χ0n) is 10.2. The van der Waals surface area contributed by atoms with E-state index >= 15 is 0 Å². The average molecular weight is 297 g/mol. The third-order valence-electron chi connectivity index (χ3n) is 3.09. The van der Waals surface area contributed by atoms with Gasteiger partial charge >= 0.3 is 0 Å². The predicted octanol–water partition coefficient (Wildman–Crippen LogP) is 2.19. The van der Waals surface area contributed by atoms with Gasteiger partial charge in [0.05, 0.1) is 5.56 Å². The van der Waals surface area contributed by atoms with Crippen LogP contribution in [0.5, 0.6) is 0 Å². The van der Waals surface area contributed by atoms with Crippen LogP contribution in [0.2, 0.25) is 0 Å². The molecule has 1 unspecified atom stereocenters. The molecule has 17 heavy (non-hydrogen) atoms. The van der Waals surface area contributed by atoms with Crippen LogP contribution < -0.4 is 5.32 Å². The number of carbonyl (C=O) groups excluding carboxylic acids is 1. The Morgan fingerprint density at radius 1 is 1.53 bits per heavy atom. The zero-order chi connectivity index (χ0) is 12.4. The van der Waals surface area contributed by atoms with Gasteiger partial charge in [0, 0.05) is 17.1 Å². The Labute approximate surface area is 110 Å². The standard InChI is InChI=1S/C13H17BrN2O/c1-9-3-4-12(14)11(7-9)13(17)15-10-5-6-16(2)8-10/h3-4,7,10H,5-6,8H2,1-2H3,(H,15,17). The lowest BCUT2D eigenvalue weighted by atomic mass is 10.1. The fourth-order valence-corrected chi connectivity index (χ4v) is 2.56. The van der Waals surface area contributed by atoms with Gasteiger partial charge in [-0.15, -0.1) is 0 Å². The molecule has 2 rings (SSSR count). The van der Waals surface area contributed by atoms with E-state index in [-0.39, 0.29) is 11.9 Å². The lowest BCUT2D eigenvalue weighted by Gasteiger charge is -2.14. The summed E-state index contributed by atoms with van der Waals surface area (Å²) in [5, 5.41) is 3.08. The van der Waals surface area contributed by atoms with E-state index in [0.29, 0.717) is 0 Å². The van der Waals surface area contributed by atoms with Crippen molar-refractivity contribution < 1.29 is 4.79 Å².